The zero-order valence-corrected chi connectivity index (χ0v) is 20.1. The molecule has 3 aromatic rings. The molecule has 0 aliphatic rings. The molecule has 10 heteroatoms. The Labute approximate surface area is 184 Å². The van der Waals surface area contributed by atoms with Crippen LogP contribution in [-0.4, -0.2) is 51.1 Å². The van der Waals surface area contributed by atoms with Gasteiger partial charge in [0.25, 0.3) is 0 Å². The Kier molecular flexibility index (Phi) is 6.05. The number of hydrogen-bond acceptors (Lipinski definition) is 7. The van der Waals surface area contributed by atoms with E-state index in [1.807, 2.05) is 18.6 Å². The third-order valence-corrected chi connectivity index (χ3v) is 5.50. The lowest BCUT2D eigenvalue weighted by molar-refractivity contribution is -0.0669. The van der Waals surface area contributed by atoms with Crippen molar-refractivity contribution in [2.75, 3.05) is 0 Å². The molecule has 3 atom stereocenters. The fourth-order valence-electron chi connectivity index (χ4n) is 4.60. The molecule has 0 aromatic carbocycles. The average Bonchev–Trinajstić information content (AvgIpc) is 3.35. The van der Waals surface area contributed by atoms with Crippen LogP contribution in [0.3, 0.4) is 0 Å². The highest BCUT2D eigenvalue weighted by Crippen LogP contribution is 2.54. The summed E-state index contributed by atoms with van der Waals surface area (Å²) in [6.45, 7) is 20.0. The molecule has 0 spiro atoms. The smallest absolute Gasteiger partial charge is 0.100 e. The van der Waals surface area contributed by atoms with E-state index in [-0.39, 0.29) is 34.4 Å². The monoisotopic (exact) mass is 428 g/mol. The summed E-state index contributed by atoms with van der Waals surface area (Å²) in [7, 11) is 0. The van der Waals surface area contributed by atoms with E-state index < -0.39 is 0 Å². The van der Waals surface area contributed by atoms with Gasteiger partial charge < -0.3 is 0 Å². The van der Waals surface area contributed by atoms with Crippen molar-refractivity contribution in [1.29, 1.82) is 0 Å². The second kappa shape index (κ2) is 8.14. The molecule has 3 rings (SSSR count). The van der Waals surface area contributed by atoms with Gasteiger partial charge in [0.05, 0.1) is 36.7 Å². The molecule has 3 unspecified atom stereocenters. The molecule has 0 saturated heterocycles. The second-order valence-corrected chi connectivity index (χ2v) is 11.4. The lowest BCUT2D eigenvalue weighted by atomic mass is 9.73. The van der Waals surface area contributed by atoms with Gasteiger partial charge >= 0.3 is 0 Å². The standard InChI is InChI=1S/C21H36N10/c1-19(2,3)16(13-10-22-28-25-13)31(17(20(4,5)6)14-11-23-29-26-14)18(21(7,8)9)15-12-24-30-27-15/h10-12,16-18H,1-9H3,(H,22,25,28)(H,23,26,29)(H,24,27,30). The Morgan fingerprint density at radius 1 is 0.548 bits per heavy atom. The van der Waals surface area contributed by atoms with E-state index in [0.717, 1.165) is 17.1 Å². The maximum atomic E-state index is 4.53. The van der Waals surface area contributed by atoms with Crippen molar-refractivity contribution in [3.05, 3.63) is 35.7 Å². The highest BCUT2D eigenvalue weighted by atomic mass is 15.4. The number of H-pyrrole nitrogens is 3. The van der Waals surface area contributed by atoms with Crippen LogP contribution in [0.2, 0.25) is 0 Å². The second-order valence-electron chi connectivity index (χ2n) is 11.4. The van der Waals surface area contributed by atoms with E-state index in [9.17, 15) is 0 Å². The summed E-state index contributed by atoms with van der Waals surface area (Å²) in [5.74, 6) is 0. The van der Waals surface area contributed by atoms with Gasteiger partial charge in [-0.3, -0.25) is 4.90 Å². The predicted molar refractivity (Wildman–Crippen MR) is 118 cm³/mol. The summed E-state index contributed by atoms with van der Waals surface area (Å²) < 4.78 is 0. The lowest BCUT2D eigenvalue weighted by Crippen LogP contribution is -2.49. The van der Waals surface area contributed by atoms with Crippen LogP contribution >= 0.6 is 0 Å². The Morgan fingerprint density at radius 3 is 0.968 bits per heavy atom. The minimum absolute atomic E-state index is 0.0897. The van der Waals surface area contributed by atoms with Gasteiger partial charge in [-0.15, -0.1) is 0 Å². The van der Waals surface area contributed by atoms with Crippen LogP contribution in [0.5, 0.6) is 0 Å². The third kappa shape index (κ3) is 4.84. The molecule has 3 N–H and O–H groups in total. The zero-order chi connectivity index (χ0) is 23.0. The highest BCUT2D eigenvalue weighted by molar-refractivity contribution is 5.18. The van der Waals surface area contributed by atoms with Crippen molar-refractivity contribution in [2.24, 2.45) is 16.2 Å². The molecule has 0 fully saturated rings. The lowest BCUT2D eigenvalue weighted by Gasteiger charge is -2.53. The summed E-state index contributed by atoms with van der Waals surface area (Å²) in [5, 5.41) is 34.4. The number of aromatic nitrogens is 9. The Morgan fingerprint density at radius 2 is 0.806 bits per heavy atom. The number of nitrogens with one attached hydrogen (secondary N) is 3. The Bertz CT molecular complexity index is 784. The number of nitrogens with zero attached hydrogens (tertiary/aromatic N) is 7. The third-order valence-electron chi connectivity index (χ3n) is 5.50. The van der Waals surface area contributed by atoms with Crippen LogP contribution in [0.4, 0.5) is 0 Å². The summed E-state index contributed by atoms with van der Waals surface area (Å²) in [6, 6.07) is -0.269. The van der Waals surface area contributed by atoms with Gasteiger partial charge in [0, 0.05) is 0 Å². The average molecular weight is 429 g/mol. The maximum absolute atomic E-state index is 4.53. The van der Waals surface area contributed by atoms with E-state index >= 15 is 0 Å². The van der Waals surface area contributed by atoms with Gasteiger partial charge in [-0.2, -0.15) is 46.2 Å². The van der Waals surface area contributed by atoms with Crippen molar-refractivity contribution in [1.82, 2.24) is 51.1 Å². The summed E-state index contributed by atoms with van der Waals surface area (Å²) in [5.41, 5.74) is 2.13. The van der Waals surface area contributed by atoms with Crippen LogP contribution in [-0.2, 0) is 0 Å². The van der Waals surface area contributed by atoms with E-state index in [1.165, 1.54) is 0 Å². The largest absolute Gasteiger partial charge is 0.276 e. The fourth-order valence-corrected chi connectivity index (χ4v) is 4.60. The van der Waals surface area contributed by atoms with Gasteiger partial charge in [-0.05, 0) is 16.2 Å². The van der Waals surface area contributed by atoms with Gasteiger partial charge in [-0.1, -0.05) is 62.3 Å². The molecular formula is C21H36N10. The van der Waals surface area contributed by atoms with E-state index in [1.54, 1.807) is 0 Å². The van der Waals surface area contributed by atoms with Gasteiger partial charge in [0.1, 0.15) is 17.1 Å². The molecule has 0 aliphatic carbocycles. The Hall–Kier alpha value is -2.62. The first-order chi connectivity index (χ1) is 14.3. The van der Waals surface area contributed by atoms with Crippen molar-refractivity contribution >= 4 is 0 Å². The molecular weight excluding hydrogens is 392 g/mol. The van der Waals surface area contributed by atoms with Gasteiger partial charge in [0.2, 0.25) is 0 Å². The SMILES string of the molecule is CC(C)(C)C(c1cn[nH]n1)N(C(c1cn[nH]n1)C(C)(C)C)C(c1cn[nH]n1)C(C)(C)C. The number of aromatic amines is 3. The molecule has 0 saturated carbocycles. The zero-order valence-electron chi connectivity index (χ0n) is 20.1. The summed E-state index contributed by atoms with van der Waals surface area (Å²) in [6.07, 6.45) is 5.44. The Balaban J connectivity index is 2.34. The molecule has 0 bridgehead atoms. The van der Waals surface area contributed by atoms with Crippen LogP contribution < -0.4 is 0 Å². The summed E-state index contributed by atoms with van der Waals surface area (Å²) in [4.78, 5) is 2.49. The molecule has 0 aliphatic heterocycles. The molecule has 31 heavy (non-hydrogen) atoms. The molecule has 170 valence electrons. The normalized spacial score (nSPS) is 16.5. The van der Waals surface area contributed by atoms with Crippen molar-refractivity contribution < 1.29 is 0 Å². The predicted octanol–water partition coefficient (Wildman–Crippen LogP) is 4.00. The van der Waals surface area contributed by atoms with Crippen molar-refractivity contribution in [2.45, 2.75) is 80.4 Å². The molecule has 10 nitrogen and oxygen atoms in total. The first-order valence-corrected chi connectivity index (χ1v) is 10.7. The quantitative estimate of drug-likeness (QED) is 0.541. The minimum Gasteiger partial charge on any atom is -0.276 e. The van der Waals surface area contributed by atoms with Crippen LogP contribution in [0.25, 0.3) is 0 Å². The topological polar surface area (TPSA) is 128 Å². The highest BCUT2D eigenvalue weighted by Gasteiger charge is 2.50. The fraction of sp³-hybridized carbons (Fsp3) is 0.714. The van der Waals surface area contributed by atoms with Gasteiger partial charge in [0.15, 0.2) is 0 Å². The van der Waals surface area contributed by atoms with Crippen LogP contribution in [0.1, 0.15) is 97.5 Å². The first-order valence-electron chi connectivity index (χ1n) is 10.7. The molecule has 3 aromatic heterocycles. The van der Waals surface area contributed by atoms with E-state index in [0.29, 0.717) is 0 Å². The van der Waals surface area contributed by atoms with Crippen molar-refractivity contribution in [3.8, 4) is 0 Å². The number of rotatable bonds is 6. The van der Waals surface area contributed by atoms with E-state index in [4.69, 9.17) is 0 Å². The van der Waals surface area contributed by atoms with Crippen LogP contribution in [0, 0.1) is 16.2 Å². The number of hydrogen-bond donors (Lipinski definition) is 3. The maximum Gasteiger partial charge on any atom is 0.100 e. The van der Waals surface area contributed by atoms with E-state index in [2.05, 4.69) is 113 Å². The van der Waals surface area contributed by atoms with Crippen molar-refractivity contribution in [3.63, 3.8) is 0 Å². The van der Waals surface area contributed by atoms with Crippen LogP contribution in [0.15, 0.2) is 18.6 Å². The molecule has 3 heterocycles. The van der Waals surface area contributed by atoms with Gasteiger partial charge in [-0.25, -0.2) is 0 Å². The minimum atomic E-state index is -0.169. The molecule has 0 radical (unpaired) electrons. The first kappa shape index (κ1) is 23.1. The summed E-state index contributed by atoms with van der Waals surface area (Å²) >= 11 is 0. The molecule has 0 amide bonds.